The van der Waals surface area contributed by atoms with Gasteiger partial charge in [-0.05, 0) is 59.7 Å². The number of nitrogens with two attached hydrogens (primary N) is 1. The number of hydrogen-bond donors (Lipinski definition) is 2. The van der Waals surface area contributed by atoms with Crippen molar-refractivity contribution in [1.29, 1.82) is 0 Å². The van der Waals surface area contributed by atoms with Gasteiger partial charge in [-0.2, -0.15) is 0 Å². The summed E-state index contributed by atoms with van der Waals surface area (Å²) >= 11 is 1.96. The Labute approximate surface area is 201 Å². The highest BCUT2D eigenvalue weighted by Crippen LogP contribution is 2.32. The molecule has 0 unspecified atom stereocenters. The molecule has 1 aliphatic rings. The van der Waals surface area contributed by atoms with E-state index >= 15 is 0 Å². The van der Waals surface area contributed by atoms with Crippen molar-refractivity contribution in [1.82, 2.24) is 14.5 Å². The molecule has 1 atom stereocenters. The number of amides is 2. The maximum Gasteiger partial charge on any atom is 0.329 e. The largest absolute Gasteiger partial charge is 0.490 e. The number of primary amides is 1. The van der Waals surface area contributed by atoms with Crippen molar-refractivity contribution in [3.63, 3.8) is 0 Å². The molecule has 11 heteroatoms. The Morgan fingerprint density at radius 3 is 2.76 bits per heavy atom. The minimum Gasteiger partial charge on any atom is -0.490 e. The van der Waals surface area contributed by atoms with Gasteiger partial charge < -0.3 is 20.7 Å². The fourth-order valence-electron chi connectivity index (χ4n) is 3.75. The fourth-order valence-corrected chi connectivity index (χ4v) is 4.20. The van der Waals surface area contributed by atoms with Gasteiger partial charge in [0.1, 0.15) is 35.9 Å². The smallest absolute Gasteiger partial charge is 0.329 e. The molecule has 1 aliphatic heterocycles. The maximum absolute atomic E-state index is 14.4. The number of ether oxygens (including phenoxy) is 1. The van der Waals surface area contributed by atoms with Gasteiger partial charge in [0.2, 0.25) is 0 Å². The molecule has 4 rings (SSSR count). The number of carbonyl (C=O) groups excluding carboxylic acids is 2. The van der Waals surface area contributed by atoms with E-state index in [2.05, 4.69) is 10.3 Å². The molecule has 2 heterocycles. The number of rotatable bonds is 6. The molecular formula is C22H20F2IN5O3. The second-order valence-electron chi connectivity index (χ2n) is 7.49. The predicted molar refractivity (Wildman–Crippen MR) is 126 cm³/mol. The number of anilines is 2. The summed E-state index contributed by atoms with van der Waals surface area (Å²) in [5.74, 6) is -2.21. The van der Waals surface area contributed by atoms with Crippen molar-refractivity contribution in [3.05, 3.63) is 69.8 Å². The summed E-state index contributed by atoms with van der Waals surface area (Å²) in [6.07, 6.45) is 5.94. The molecule has 0 bridgehead atoms. The van der Waals surface area contributed by atoms with Gasteiger partial charge in [0.25, 0.3) is 5.91 Å². The van der Waals surface area contributed by atoms with E-state index in [-0.39, 0.29) is 41.4 Å². The van der Waals surface area contributed by atoms with Gasteiger partial charge in [-0.3, -0.25) is 9.36 Å². The van der Waals surface area contributed by atoms with Crippen LogP contribution >= 0.6 is 22.6 Å². The first-order chi connectivity index (χ1) is 15.8. The standard InChI is InChI=1S/C22H20F2IN5O3/c23-13-8-18(28-17-4-3-14(25)10-16(17)24)20(21(26)31)19(9-13)33-11-15-2-1-6-30(15)22(32)29-7-5-27-12-29/h3-5,7-10,12,15,28H,1-2,6,11H2,(H2,26,31)/t15-/m0/s1. The zero-order valence-corrected chi connectivity index (χ0v) is 19.5. The van der Waals surface area contributed by atoms with Crippen molar-refractivity contribution in [2.24, 2.45) is 5.73 Å². The summed E-state index contributed by atoms with van der Waals surface area (Å²) in [5, 5.41) is 2.73. The van der Waals surface area contributed by atoms with Crippen LogP contribution < -0.4 is 15.8 Å². The van der Waals surface area contributed by atoms with Gasteiger partial charge >= 0.3 is 6.03 Å². The molecule has 172 valence electrons. The normalized spacial score (nSPS) is 15.5. The van der Waals surface area contributed by atoms with Crippen LogP contribution in [0.2, 0.25) is 0 Å². The van der Waals surface area contributed by atoms with Gasteiger partial charge in [0.05, 0.1) is 17.4 Å². The summed E-state index contributed by atoms with van der Waals surface area (Å²) in [4.78, 5) is 30.4. The minimum atomic E-state index is -0.865. The Kier molecular flexibility index (Phi) is 6.77. The summed E-state index contributed by atoms with van der Waals surface area (Å²) < 4.78 is 36.5. The number of aromatic nitrogens is 2. The van der Waals surface area contributed by atoms with E-state index in [1.54, 1.807) is 17.2 Å². The van der Waals surface area contributed by atoms with Crippen LogP contribution in [0.25, 0.3) is 0 Å². The van der Waals surface area contributed by atoms with Gasteiger partial charge in [0, 0.05) is 28.6 Å². The lowest BCUT2D eigenvalue weighted by Crippen LogP contribution is -2.41. The highest BCUT2D eigenvalue weighted by Gasteiger charge is 2.31. The summed E-state index contributed by atoms with van der Waals surface area (Å²) in [6.45, 7) is 0.567. The van der Waals surface area contributed by atoms with Crippen LogP contribution in [0.15, 0.2) is 49.1 Å². The number of halogens is 3. The third kappa shape index (κ3) is 5.07. The summed E-state index contributed by atoms with van der Waals surface area (Å²) in [6, 6.07) is 6.01. The lowest BCUT2D eigenvalue weighted by atomic mass is 10.1. The predicted octanol–water partition coefficient (Wildman–Crippen LogP) is 4.12. The van der Waals surface area contributed by atoms with Crippen molar-refractivity contribution in [2.75, 3.05) is 18.5 Å². The molecule has 3 N–H and O–H groups in total. The van der Waals surface area contributed by atoms with Crippen LogP contribution in [0.5, 0.6) is 5.75 Å². The zero-order valence-electron chi connectivity index (χ0n) is 17.3. The Morgan fingerprint density at radius 2 is 2.06 bits per heavy atom. The third-order valence-electron chi connectivity index (χ3n) is 5.29. The minimum absolute atomic E-state index is 0.0182. The number of hydrogen-bond acceptors (Lipinski definition) is 5. The van der Waals surface area contributed by atoms with Crippen LogP contribution in [0.4, 0.5) is 25.0 Å². The Hall–Kier alpha value is -3.22. The Morgan fingerprint density at radius 1 is 1.24 bits per heavy atom. The molecule has 3 aromatic rings. The lowest BCUT2D eigenvalue weighted by Gasteiger charge is -2.25. The third-order valence-corrected chi connectivity index (χ3v) is 5.96. The second-order valence-corrected chi connectivity index (χ2v) is 8.74. The van der Waals surface area contributed by atoms with E-state index in [1.165, 1.54) is 29.2 Å². The first kappa shape index (κ1) is 23.0. The molecule has 2 amide bonds. The SMILES string of the molecule is NC(=O)c1c(Nc2ccc(I)cc2F)cc(F)cc1OC[C@@H]1CCCN1C(=O)n1ccnc1. The van der Waals surface area contributed by atoms with Crippen molar-refractivity contribution in [3.8, 4) is 5.75 Å². The molecule has 0 aliphatic carbocycles. The van der Waals surface area contributed by atoms with Crippen molar-refractivity contribution >= 4 is 45.9 Å². The van der Waals surface area contributed by atoms with Crippen LogP contribution in [-0.2, 0) is 0 Å². The first-order valence-electron chi connectivity index (χ1n) is 10.1. The number of imidazole rings is 1. The number of carbonyl (C=O) groups is 2. The number of nitrogens with zero attached hydrogens (tertiary/aromatic N) is 3. The van der Waals surface area contributed by atoms with E-state index < -0.39 is 17.5 Å². The molecule has 1 fully saturated rings. The zero-order chi connectivity index (χ0) is 23.5. The van der Waals surface area contributed by atoms with Crippen LogP contribution in [0.3, 0.4) is 0 Å². The Balaban J connectivity index is 1.57. The topological polar surface area (TPSA) is 102 Å². The number of nitrogens with one attached hydrogen (secondary N) is 1. The molecule has 0 radical (unpaired) electrons. The highest BCUT2D eigenvalue weighted by atomic mass is 127. The van der Waals surface area contributed by atoms with Gasteiger partial charge in [0.15, 0.2) is 0 Å². The van der Waals surface area contributed by atoms with Gasteiger partial charge in [-0.1, -0.05) is 0 Å². The molecule has 2 aromatic carbocycles. The van der Waals surface area contributed by atoms with Crippen LogP contribution in [0.1, 0.15) is 23.2 Å². The first-order valence-corrected chi connectivity index (χ1v) is 11.2. The molecular weight excluding hydrogens is 547 g/mol. The van der Waals surface area contributed by atoms with Gasteiger partial charge in [-0.15, -0.1) is 0 Å². The summed E-state index contributed by atoms with van der Waals surface area (Å²) in [7, 11) is 0. The summed E-state index contributed by atoms with van der Waals surface area (Å²) in [5.41, 5.74) is 5.48. The van der Waals surface area contributed by atoms with E-state index in [4.69, 9.17) is 10.5 Å². The van der Waals surface area contributed by atoms with Crippen molar-refractivity contribution < 1.29 is 23.1 Å². The number of likely N-dealkylation sites (tertiary alicyclic amines) is 1. The van der Waals surface area contributed by atoms with E-state index in [0.29, 0.717) is 16.5 Å². The van der Waals surface area contributed by atoms with Crippen LogP contribution in [0, 0.1) is 15.2 Å². The highest BCUT2D eigenvalue weighted by molar-refractivity contribution is 14.1. The molecule has 1 saturated heterocycles. The molecule has 33 heavy (non-hydrogen) atoms. The number of benzene rings is 2. The average Bonchev–Trinajstić information content (AvgIpc) is 3.45. The average molecular weight is 567 g/mol. The molecule has 0 spiro atoms. The monoisotopic (exact) mass is 567 g/mol. The second kappa shape index (κ2) is 9.73. The lowest BCUT2D eigenvalue weighted by molar-refractivity contribution is 0.0994. The van der Waals surface area contributed by atoms with E-state index in [0.717, 1.165) is 18.6 Å². The molecule has 1 aromatic heterocycles. The maximum atomic E-state index is 14.4. The fraction of sp³-hybridized carbons (Fsp3) is 0.227. The molecule has 8 nitrogen and oxygen atoms in total. The van der Waals surface area contributed by atoms with E-state index in [1.807, 2.05) is 22.6 Å². The van der Waals surface area contributed by atoms with Gasteiger partial charge in [-0.25, -0.2) is 18.6 Å². The van der Waals surface area contributed by atoms with E-state index in [9.17, 15) is 18.4 Å². The van der Waals surface area contributed by atoms with Crippen molar-refractivity contribution in [2.45, 2.75) is 18.9 Å². The quantitative estimate of drug-likeness (QED) is 0.437. The Bertz CT molecular complexity index is 1190. The molecule has 0 saturated carbocycles. The van der Waals surface area contributed by atoms with Crippen LogP contribution in [-0.4, -0.2) is 45.6 Å².